The van der Waals surface area contributed by atoms with Crippen LogP contribution in [0.1, 0.15) is 24.0 Å². The lowest BCUT2D eigenvalue weighted by molar-refractivity contribution is -0.120. The number of nitrogens with zero attached hydrogens (tertiary/aromatic N) is 5. The number of H-pyrrole nitrogens is 1. The third-order valence-corrected chi connectivity index (χ3v) is 5.40. The summed E-state index contributed by atoms with van der Waals surface area (Å²) in [6.45, 7) is 4.91. The lowest BCUT2D eigenvalue weighted by Crippen LogP contribution is -2.47. The van der Waals surface area contributed by atoms with Crippen molar-refractivity contribution in [2.75, 3.05) is 18.0 Å². The van der Waals surface area contributed by atoms with Crippen molar-refractivity contribution in [2.24, 2.45) is 0 Å². The smallest absolute Gasteiger partial charge is 0.217 e. The van der Waals surface area contributed by atoms with Gasteiger partial charge in [-0.05, 0) is 13.3 Å². The monoisotopic (exact) mass is 343 g/mol. The summed E-state index contributed by atoms with van der Waals surface area (Å²) in [5, 5.41) is 13.9. The highest BCUT2D eigenvalue weighted by Crippen LogP contribution is 2.37. The largest absolute Gasteiger partial charge is 0.353 e. The first-order valence-corrected chi connectivity index (χ1v) is 8.56. The molecular weight excluding hydrogens is 326 g/mol. The van der Waals surface area contributed by atoms with Crippen LogP contribution in [-0.2, 0) is 10.3 Å². The number of carbonyl (C=O) groups excluding carboxylic acids is 1. The van der Waals surface area contributed by atoms with Crippen molar-refractivity contribution in [3.8, 4) is 0 Å². The molecule has 1 saturated heterocycles. The minimum absolute atomic E-state index is 0.0548. The highest BCUT2D eigenvalue weighted by atomic mass is 32.1. The summed E-state index contributed by atoms with van der Waals surface area (Å²) in [6, 6.07) is 0. The fourth-order valence-corrected chi connectivity index (χ4v) is 4.21. The third kappa shape index (κ3) is 2.41. The summed E-state index contributed by atoms with van der Waals surface area (Å²) in [4.78, 5) is 27.2. The molecule has 0 spiro atoms. The van der Waals surface area contributed by atoms with Gasteiger partial charge in [-0.15, -0.1) is 11.3 Å². The van der Waals surface area contributed by atoms with E-state index in [9.17, 15) is 4.79 Å². The number of nitrogens with one attached hydrogen (secondary N) is 2. The van der Waals surface area contributed by atoms with Crippen LogP contribution in [0, 0.1) is 6.92 Å². The molecule has 124 valence electrons. The summed E-state index contributed by atoms with van der Waals surface area (Å²) in [5.41, 5.74) is 1.20. The SMILES string of the molecule is CC(=O)NC1(c2nc(C)cs2)CCN(c2ncnc3[nH]ncc23)C1. The Morgan fingerprint density at radius 1 is 1.46 bits per heavy atom. The van der Waals surface area contributed by atoms with Gasteiger partial charge in [-0.3, -0.25) is 9.89 Å². The number of aromatic amines is 1. The maximum Gasteiger partial charge on any atom is 0.217 e. The number of rotatable bonds is 3. The molecule has 1 unspecified atom stereocenters. The molecule has 1 atom stereocenters. The normalized spacial score (nSPS) is 20.7. The van der Waals surface area contributed by atoms with Crippen molar-refractivity contribution in [3.05, 3.63) is 28.6 Å². The van der Waals surface area contributed by atoms with Crippen molar-refractivity contribution in [1.29, 1.82) is 0 Å². The zero-order valence-electron chi connectivity index (χ0n) is 13.4. The van der Waals surface area contributed by atoms with Gasteiger partial charge in [-0.2, -0.15) is 5.10 Å². The molecule has 0 saturated carbocycles. The number of thiazole rings is 1. The molecule has 0 radical (unpaired) electrons. The quantitative estimate of drug-likeness (QED) is 0.745. The van der Waals surface area contributed by atoms with Crippen LogP contribution in [0.3, 0.4) is 0 Å². The van der Waals surface area contributed by atoms with Gasteiger partial charge < -0.3 is 10.2 Å². The van der Waals surface area contributed by atoms with Gasteiger partial charge in [-0.1, -0.05) is 0 Å². The average Bonchev–Trinajstić information content (AvgIpc) is 3.25. The molecule has 4 heterocycles. The summed E-state index contributed by atoms with van der Waals surface area (Å²) in [6.07, 6.45) is 4.04. The summed E-state index contributed by atoms with van der Waals surface area (Å²) in [7, 11) is 0. The molecule has 1 aliphatic heterocycles. The van der Waals surface area contributed by atoms with Crippen LogP contribution in [0.2, 0.25) is 0 Å². The van der Waals surface area contributed by atoms with E-state index in [0.29, 0.717) is 12.2 Å². The second kappa shape index (κ2) is 5.52. The number of aryl methyl sites for hydroxylation is 1. The summed E-state index contributed by atoms with van der Waals surface area (Å²) < 4.78 is 0. The van der Waals surface area contributed by atoms with E-state index in [0.717, 1.165) is 34.9 Å². The predicted octanol–water partition coefficient (Wildman–Crippen LogP) is 1.36. The first kappa shape index (κ1) is 15.0. The maximum atomic E-state index is 11.8. The molecule has 0 aromatic carbocycles. The zero-order valence-corrected chi connectivity index (χ0v) is 14.2. The molecular formula is C15H17N7OS. The molecule has 24 heavy (non-hydrogen) atoms. The lowest BCUT2D eigenvalue weighted by atomic mass is 9.99. The number of hydrogen-bond donors (Lipinski definition) is 2. The van der Waals surface area contributed by atoms with Gasteiger partial charge in [0.05, 0.1) is 11.6 Å². The molecule has 3 aromatic rings. The van der Waals surface area contributed by atoms with E-state index in [4.69, 9.17) is 0 Å². The first-order valence-electron chi connectivity index (χ1n) is 7.68. The Kier molecular flexibility index (Phi) is 3.45. The Balaban J connectivity index is 1.72. The number of fused-ring (bicyclic) bond motifs is 1. The average molecular weight is 343 g/mol. The standard InChI is InChI=1S/C15H17N7OS/c1-9-6-24-14(19-9)15(20-10(2)23)3-4-22(7-15)13-11-5-18-21-12(11)16-8-17-13/h5-6,8H,3-4,7H2,1-2H3,(H,20,23)(H,16,17,18,21). The first-order chi connectivity index (χ1) is 11.6. The second-order valence-electron chi connectivity index (χ2n) is 6.06. The van der Waals surface area contributed by atoms with Gasteiger partial charge in [0.15, 0.2) is 5.65 Å². The zero-order chi connectivity index (χ0) is 16.7. The van der Waals surface area contributed by atoms with E-state index in [1.54, 1.807) is 24.5 Å². The van der Waals surface area contributed by atoms with E-state index in [-0.39, 0.29) is 5.91 Å². The second-order valence-corrected chi connectivity index (χ2v) is 6.92. The fraction of sp³-hybridized carbons (Fsp3) is 0.400. The highest BCUT2D eigenvalue weighted by Gasteiger charge is 2.43. The molecule has 0 aliphatic carbocycles. The molecule has 3 aromatic heterocycles. The minimum atomic E-state index is -0.480. The number of anilines is 1. The van der Waals surface area contributed by atoms with Crippen molar-refractivity contribution >= 4 is 34.1 Å². The molecule has 1 aliphatic rings. The Morgan fingerprint density at radius 3 is 3.08 bits per heavy atom. The number of aromatic nitrogens is 5. The number of hydrogen-bond acceptors (Lipinski definition) is 7. The van der Waals surface area contributed by atoms with Crippen LogP contribution in [0.15, 0.2) is 17.9 Å². The number of carbonyl (C=O) groups is 1. The van der Waals surface area contributed by atoms with Gasteiger partial charge in [0, 0.05) is 31.1 Å². The van der Waals surface area contributed by atoms with Crippen LogP contribution in [0.4, 0.5) is 5.82 Å². The van der Waals surface area contributed by atoms with E-state index in [1.165, 1.54) is 6.33 Å². The highest BCUT2D eigenvalue weighted by molar-refractivity contribution is 7.09. The van der Waals surface area contributed by atoms with E-state index in [2.05, 4.69) is 35.4 Å². The van der Waals surface area contributed by atoms with Crippen LogP contribution in [-0.4, -0.2) is 44.1 Å². The van der Waals surface area contributed by atoms with Crippen LogP contribution in [0.5, 0.6) is 0 Å². The minimum Gasteiger partial charge on any atom is -0.353 e. The van der Waals surface area contributed by atoms with E-state index < -0.39 is 5.54 Å². The van der Waals surface area contributed by atoms with Gasteiger partial charge in [-0.25, -0.2) is 15.0 Å². The summed E-state index contributed by atoms with van der Waals surface area (Å²) >= 11 is 1.59. The molecule has 1 amide bonds. The van der Waals surface area contributed by atoms with Crippen LogP contribution < -0.4 is 10.2 Å². The number of amides is 1. The van der Waals surface area contributed by atoms with E-state index >= 15 is 0 Å². The Morgan fingerprint density at radius 2 is 2.33 bits per heavy atom. The van der Waals surface area contributed by atoms with Crippen molar-refractivity contribution < 1.29 is 4.79 Å². The molecule has 0 bridgehead atoms. The van der Waals surface area contributed by atoms with Crippen molar-refractivity contribution in [2.45, 2.75) is 25.8 Å². The van der Waals surface area contributed by atoms with E-state index in [1.807, 2.05) is 12.3 Å². The molecule has 1 fully saturated rings. The predicted molar refractivity (Wildman–Crippen MR) is 90.9 cm³/mol. The Hall–Kier alpha value is -2.55. The Labute approximate surface area is 142 Å². The molecule has 4 rings (SSSR count). The molecule has 2 N–H and O–H groups in total. The van der Waals surface area contributed by atoms with Crippen molar-refractivity contribution in [3.63, 3.8) is 0 Å². The van der Waals surface area contributed by atoms with Crippen LogP contribution in [0.25, 0.3) is 11.0 Å². The fourth-order valence-electron chi connectivity index (χ4n) is 3.24. The van der Waals surface area contributed by atoms with Gasteiger partial charge in [0.1, 0.15) is 22.7 Å². The Bertz CT molecular complexity index is 904. The maximum absolute atomic E-state index is 11.8. The lowest BCUT2D eigenvalue weighted by Gasteiger charge is -2.28. The van der Waals surface area contributed by atoms with Crippen molar-refractivity contribution in [1.82, 2.24) is 30.5 Å². The third-order valence-electron chi connectivity index (χ3n) is 4.24. The summed E-state index contributed by atoms with van der Waals surface area (Å²) in [5.74, 6) is 0.773. The van der Waals surface area contributed by atoms with Gasteiger partial charge >= 0.3 is 0 Å². The van der Waals surface area contributed by atoms with Gasteiger partial charge in [0.25, 0.3) is 0 Å². The van der Waals surface area contributed by atoms with Gasteiger partial charge in [0.2, 0.25) is 5.91 Å². The topological polar surface area (TPSA) is 99.7 Å². The molecule has 8 nitrogen and oxygen atoms in total. The molecule has 9 heteroatoms. The van der Waals surface area contributed by atoms with Crippen LogP contribution >= 0.6 is 11.3 Å².